The smallest absolute Gasteiger partial charge is 0.335 e. The number of halogens is 1. The molecule has 3 fully saturated rings. The third-order valence-electron chi connectivity index (χ3n) is 9.75. The Hall–Kier alpha value is -4.54. The molecular weight excluding hydrogens is 641 g/mol. The molecule has 4 aromatic rings. The number of aromatic hydroxyl groups is 1. The lowest BCUT2D eigenvalue weighted by Gasteiger charge is -2.44. The van der Waals surface area contributed by atoms with Gasteiger partial charge in [-0.1, -0.05) is 0 Å². The van der Waals surface area contributed by atoms with Crippen LogP contribution < -0.4 is 19.3 Å². The fourth-order valence-corrected chi connectivity index (χ4v) is 7.17. The molecule has 3 aliphatic heterocycles. The van der Waals surface area contributed by atoms with Crippen molar-refractivity contribution in [3.8, 4) is 17.2 Å². The van der Waals surface area contributed by atoms with E-state index in [0.717, 1.165) is 61.7 Å². The quantitative estimate of drug-likeness (QED) is 0.190. The first-order valence-electron chi connectivity index (χ1n) is 16.2. The number of fused-ring (bicyclic) bond motifs is 2. The fourth-order valence-electron chi connectivity index (χ4n) is 7.17. The van der Waals surface area contributed by atoms with Crippen LogP contribution in [0, 0.1) is 5.82 Å². The van der Waals surface area contributed by atoms with Crippen molar-refractivity contribution in [2.45, 2.75) is 49.6 Å². The third kappa shape index (κ3) is 6.24. The number of piperazine rings is 1. The maximum Gasteiger partial charge on any atom is 0.335 e. The van der Waals surface area contributed by atoms with Crippen molar-refractivity contribution in [2.24, 2.45) is 0 Å². The average Bonchev–Trinajstić information content (AvgIpc) is 3.11. The van der Waals surface area contributed by atoms with Crippen molar-refractivity contribution in [3.05, 3.63) is 54.6 Å². The zero-order valence-corrected chi connectivity index (χ0v) is 26.7. The van der Waals surface area contributed by atoms with Gasteiger partial charge in [0.2, 0.25) is 6.29 Å². The summed E-state index contributed by atoms with van der Waals surface area (Å²) >= 11 is 0. The molecule has 0 saturated carbocycles. The van der Waals surface area contributed by atoms with E-state index in [1.165, 1.54) is 12.4 Å². The van der Waals surface area contributed by atoms with Gasteiger partial charge in [-0.25, -0.2) is 9.18 Å². The molecule has 2 aromatic heterocycles. The molecule has 260 valence electrons. The van der Waals surface area contributed by atoms with E-state index in [9.17, 15) is 30.3 Å². The first kappa shape index (κ1) is 33.0. The number of aromatic nitrogens is 2. The number of rotatable bonds is 7. The number of ether oxygens (including phenoxy) is 3. The van der Waals surface area contributed by atoms with Crippen LogP contribution in [-0.2, 0) is 9.53 Å². The second kappa shape index (κ2) is 13.4. The summed E-state index contributed by atoms with van der Waals surface area (Å²) in [5, 5.41) is 51.6. The Kier molecular flexibility index (Phi) is 9.02. The highest BCUT2D eigenvalue weighted by molar-refractivity contribution is 5.95. The van der Waals surface area contributed by atoms with Crippen LogP contribution in [0.5, 0.6) is 17.2 Å². The molecule has 5 unspecified atom stereocenters. The molecular formula is C34H38FN5O9. The van der Waals surface area contributed by atoms with Crippen molar-refractivity contribution in [2.75, 3.05) is 56.2 Å². The molecule has 0 radical (unpaired) electrons. The molecule has 2 aromatic carbocycles. The van der Waals surface area contributed by atoms with Crippen LogP contribution in [-0.4, -0.2) is 129 Å². The fraction of sp³-hybridized carbons (Fsp3) is 0.441. The lowest BCUT2D eigenvalue weighted by molar-refractivity contribution is -0.271. The van der Waals surface area contributed by atoms with E-state index < -0.39 is 42.5 Å². The van der Waals surface area contributed by atoms with Gasteiger partial charge in [-0.2, -0.15) is 0 Å². The van der Waals surface area contributed by atoms with Crippen molar-refractivity contribution >= 4 is 39.1 Å². The third-order valence-corrected chi connectivity index (χ3v) is 9.75. The van der Waals surface area contributed by atoms with Gasteiger partial charge in [0.25, 0.3) is 0 Å². The van der Waals surface area contributed by atoms with Crippen molar-refractivity contribution in [1.29, 1.82) is 0 Å². The predicted octanol–water partition coefficient (Wildman–Crippen LogP) is 1.70. The molecule has 15 heteroatoms. The second-order valence-corrected chi connectivity index (χ2v) is 12.6. The number of carboxylic acid groups (broad SMARTS) is 1. The van der Waals surface area contributed by atoms with Gasteiger partial charge in [0.05, 0.1) is 24.5 Å². The highest BCUT2D eigenvalue weighted by atomic mass is 19.1. The molecule has 0 aliphatic carbocycles. The van der Waals surface area contributed by atoms with Gasteiger partial charge in [-0.3, -0.25) is 14.9 Å². The van der Waals surface area contributed by atoms with Gasteiger partial charge < -0.3 is 49.5 Å². The molecule has 14 nitrogen and oxygen atoms in total. The maximum absolute atomic E-state index is 15.3. The lowest BCUT2D eigenvalue weighted by atomic mass is 9.99. The first-order chi connectivity index (χ1) is 23.6. The number of pyridine rings is 2. The number of anilines is 2. The molecule has 0 amide bonds. The minimum absolute atomic E-state index is 0.0278. The Bertz CT molecular complexity index is 1850. The maximum atomic E-state index is 15.3. The van der Waals surface area contributed by atoms with Gasteiger partial charge in [0, 0.05) is 74.4 Å². The topological polar surface area (TPSA) is 181 Å². The van der Waals surface area contributed by atoms with E-state index in [0.29, 0.717) is 30.0 Å². The number of carbonyl (C=O) groups is 1. The number of aliphatic carboxylic acids is 1. The molecule has 5 atom stereocenters. The number of nitrogens with zero attached hydrogens (tertiary/aromatic N) is 5. The molecule has 7 rings (SSSR count). The number of hydrogen-bond donors (Lipinski definition) is 5. The predicted molar refractivity (Wildman–Crippen MR) is 176 cm³/mol. The number of hydrogen-bond acceptors (Lipinski definition) is 13. The number of aliphatic hydroxyl groups is 3. The van der Waals surface area contributed by atoms with Crippen LogP contribution >= 0.6 is 0 Å². The Morgan fingerprint density at radius 1 is 0.939 bits per heavy atom. The van der Waals surface area contributed by atoms with Crippen LogP contribution in [0.2, 0.25) is 0 Å². The summed E-state index contributed by atoms with van der Waals surface area (Å²) in [4.78, 5) is 27.4. The van der Waals surface area contributed by atoms with Crippen molar-refractivity contribution < 1.29 is 48.9 Å². The summed E-state index contributed by atoms with van der Waals surface area (Å²) in [6.45, 7) is 4.37. The second-order valence-electron chi connectivity index (χ2n) is 12.6. The molecule has 3 saturated heterocycles. The zero-order chi connectivity index (χ0) is 34.4. The number of aliphatic hydroxyl groups excluding tert-OH is 3. The van der Waals surface area contributed by atoms with E-state index in [1.807, 2.05) is 17.0 Å². The first-order valence-corrected chi connectivity index (χ1v) is 16.2. The monoisotopic (exact) mass is 679 g/mol. The highest BCUT2D eigenvalue weighted by Crippen LogP contribution is 2.41. The Morgan fingerprint density at radius 3 is 2.41 bits per heavy atom. The van der Waals surface area contributed by atoms with Gasteiger partial charge >= 0.3 is 5.97 Å². The summed E-state index contributed by atoms with van der Waals surface area (Å²) in [6.07, 6.45) is -4.54. The van der Waals surface area contributed by atoms with Crippen molar-refractivity contribution in [3.63, 3.8) is 0 Å². The number of carboxylic acids is 1. The number of piperidine rings is 1. The standard InChI is InChI=1S/C34H38FN5O9/c1-47-21-14-18-13-20(41)17-37-26(18)24(15-21)39-11-9-38(10-12-39)19-4-7-40(8-5-19)28-25(16-23(35)22-3-2-6-36-27(22)28)48-34-31(44)29(42)30(43)32(49-34)33(45)46/h2-3,6,13-17,19,29-32,34,41-44H,4-5,7-12H2,1H3,(H,45,46). The minimum Gasteiger partial charge on any atom is -0.506 e. The summed E-state index contributed by atoms with van der Waals surface area (Å²) in [6, 6.07) is 10.2. The normalized spacial score (nSPS) is 25.5. The number of methoxy groups -OCH3 is 1. The molecule has 5 N–H and O–H groups in total. The van der Waals surface area contributed by atoms with Gasteiger partial charge in [0.15, 0.2) is 11.9 Å². The Morgan fingerprint density at radius 2 is 1.69 bits per heavy atom. The summed E-state index contributed by atoms with van der Waals surface area (Å²) in [7, 11) is 1.61. The van der Waals surface area contributed by atoms with Gasteiger partial charge in [-0.15, -0.1) is 0 Å². The van der Waals surface area contributed by atoms with Crippen LogP contribution in [0.1, 0.15) is 12.8 Å². The largest absolute Gasteiger partial charge is 0.506 e. The summed E-state index contributed by atoms with van der Waals surface area (Å²) in [5.41, 5.74) is 2.55. The van der Waals surface area contributed by atoms with Crippen LogP contribution in [0.3, 0.4) is 0 Å². The van der Waals surface area contributed by atoms with E-state index >= 15 is 4.39 Å². The molecule has 49 heavy (non-hydrogen) atoms. The highest BCUT2D eigenvalue weighted by Gasteiger charge is 2.48. The van der Waals surface area contributed by atoms with Gasteiger partial charge in [0.1, 0.15) is 46.8 Å². The van der Waals surface area contributed by atoms with Crippen LogP contribution in [0.25, 0.3) is 21.8 Å². The van der Waals surface area contributed by atoms with E-state index in [4.69, 9.17) is 14.2 Å². The van der Waals surface area contributed by atoms with E-state index in [1.54, 1.807) is 25.3 Å². The molecule has 3 aliphatic rings. The zero-order valence-electron chi connectivity index (χ0n) is 26.7. The van der Waals surface area contributed by atoms with E-state index in [2.05, 4.69) is 19.8 Å². The molecule has 0 bridgehead atoms. The van der Waals surface area contributed by atoms with Crippen LogP contribution in [0.4, 0.5) is 15.8 Å². The minimum atomic E-state index is -1.89. The van der Waals surface area contributed by atoms with E-state index in [-0.39, 0.29) is 22.9 Å². The number of benzene rings is 2. The Labute approximate surface area is 280 Å². The van der Waals surface area contributed by atoms with Gasteiger partial charge in [-0.05, 0) is 37.1 Å². The van der Waals surface area contributed by atoms with Crippen LogP contribution in [0.15, 0.2) is 48.8 Å². The summed E-state index contributed by atoms with van der Waals surface area (Å²) in [5.74, 6) is -1.42. The lowest BCUT2D eigenvalue weighted by Crippen LogP contribution is -2.61. The molecule has 0 spiro atoms. The Balaban J connectivity index is 1.07. The molecule has 5 heterocycles. The van der Waals surface area contributed by atoms with Crippen molar-refractivity contribution in [1.82, 2.24) is 14.9 Å². The summed E-state index contributed by atoms with van der Waals surface area (Å²) < 4.78 is 32.1. The average molecular weight is 680 g/mol. The SMILES string of the molecule is COc1cc(N2CCN(C3CCN(c4c(OC5OC(C(=O)O)C(O)C(O)C5O)cc(F)c5cccnc45)CC3)CC2)c2ncc(O)cc2c1.